The van der Waals surface area contributed by atoms with Gasteiger partial charge in [-0.15, -0.1) is 0 Å². The summed E-state index contributed by atoms with van der Waals surface area (Å²) in [5, 5.41) is 16.4. The van der Waals surface area contributed by atoms with Gasteiger partial charge in [0.25, 0.3) is 0 Å². The molecule has 2 aromatic carbocycles. The van der Waals surface area contributed by atoms with Gasteiger partial charge in [-0.25, -0.2) is 9.59 Å². The Labute approximate surface area is 203 Å². The molecule has 2 heterocycles. The van der Waals surface area contributed by atoms with Gasteiger partial charge in [0.2, 0.25) is 0 Å². The molecule has 0 unspecified atom stereocenters. The van der Waals surface area contributed by atoms with E-state index < -0.39 is 11.9 Å². The average Bonchev–Trinajstić information content (AvgIpc) is 2.79. The number of benzene rings is 2. The van der Waals surface area contributed by atoms with Gasteiger partial charge in [-0.3, -0.25) is 0 Å². The smallest absolute Gasteiger partial charge is 0.328 e. The lowest BCUT2D eigenvalue weighted by molar-refractivity contribution is -0.134. The van der Waals surface area contributed by atoms with Crippen molar-refractivity contribution < 1.29 is 19.8 Å². The number of para-hydroxylation sites is 1. The van der Waals surface area contributed by atoms with Crippen molar-refractivity contribution in [1.82, 2.24) is 9.80 Å². The van der Waals surface area contributed by atoms with E-state index in [1.807, 2.05) is 17.8 Å². The van der Waals surface area contributed by atoms with Crippen LogP contribution >= 0.6 is 23.4 Å². The third-order valence-corrected chi connectivity index (χ3v) is 6.77. The molecule has 2 aliphatic rings. The van der Waals surface area contributed by atoms with E-state index in [2.05, 4.69) is 58.1 Å². The highest BCUT2D eigenvalue weighted by Gasteiger charge is 2.23. The number of carboxylic acid groups (broad SMARTS) is 2. The number of rotatable bonds is 6. The first-order valence-electron chi connectivity index (χ1n) is 10.7. The zero-order chi connectivity index (χ0) is 23.8. The molecule has 0 amide bonds. The lowest BCUT2D eigenvalue weighted by atomic mass is 10.2. The quantitative estimate of drug-likeness (QED) is 0.581. The number of fused-ring (bicyclic) bond motifs is 2. The van der Waals surface area contributed by atoms with E-state index in [4.69, 9.17) is 21.8 Å². The lowest BCUT2D eigenvalue weighted by Gasteiger charge is -2.35. The van der Waals surface area contributed by atoms with Crippen molar-refractivity contribution in [1.29, 1.82) is 0 Å². The summed E-state index contributed by atoms with van der Waals surface area (Å²) >= 11 is 8.13. The molecule has 2 N–H and O–H groups in total. The number of anilines is 2. The van der Waals surface area contributed by atoms with E-state index in [9.17, 15) is 9.59 Å². The molecule has 9 heteroatoms. The normalized spacial score (nSPS) is 16.0. The van der Waals surface area contributed by atoms with Crippen LogP contribution in [0.5, 0.6) is 0 Å². The summed E-state index contributed by atoms with van der Waals surface area (Å²) in [5.74, 6) is -2.51. The number of aliphatic carboxylic acids is 2. The van der Waals surface area contributed by atoms with Crippen LogP contribution in [0.4, 0.5) is 11.4 Å². The summed E-state index contributed by atoms with van der Waals surface area (Å²) in [7, 11) is 2.21. The van der Waals surface area contributed by atoms with Gasteiger partial charge in [-0.05, 0) is 50.3 Å². The standard InChI is InChI=1S/C20H24ClN3S.C4H4O4/c1-22-11-13-23(14-12-22)9-4-10-24-17-5-2-3-6-19(17)25-20-8-7-16(21)15-18(20)24;5-3(6)1-2-4(7)8/h2-3,5-8,15H,4,9-14H2,1H3;1-2H,(H,5,6)(H,7,8)/b;2-1+. The molecule has 0 aromatic heterocycles. The molecule has 176 valence electrons. The Bertz CT molecular complexity index is 993. The Morgan fingerprint density at radius 3 is 2.24 bits per heavy atom. The molecule has 4 rings (SSSR count). The predicted octanol–water partition coefficient (Wildman–Crippen LogP) is 4.29. The maximum absolute atomic E-state index is 9.55. The maximum atomic E-state index is 9.55. The molecule has 0 bridgehead atoms. The van der Waals surface area contributed by atoms with Crippen LogP contribution in [0, 0.1) is 0 Å². The maximum Gasteiger partial charge on any atom is 0.328 e. The third kappa shape index (κ3) is 7.50. The molecule has 1 saturated heterocycles. The van der Waals surface area contributed by atoms with E-state index in [0.29, 0.717) is 12.2 Å². The summed E-state index contributed by atoms with van der Waals surface area (Å²) in [4.78, 5) is 29.2. The summed E-state index contributed by atoms with van der Waals surface area (Å²) in [6.07, 6.45) is 2.28. The number of likely N-dealkylation sites (N-methyl/N-ethyl adjacent to an activating group) is 1. The van der Waals surface area contributed by atoms with Crippen molar-refractivity contribution in [2.45, 2.75) is 16.2 Å². The van der Waals surface area contributed by atoms with Gasteiger partial charge in [-0.2, -0.15) is 0 Å². The van der Waals surface area contributed by atoms with Gasteiger partial charge in [0.05, 0.1) is 11.4 Å². The van der Waals surface area contributed by atoms with E-state index in [1.165, 1.54) is 47.3 Å². The van der Waals surface area contributed by atoms with Gasteiger partial charge in [-0.1, -0.05) is 35.5 Å². The molecule has 0 radical (unpaired) electrons. The molecule has 0 atom stereocenters. The Hall–Kier alpha value is -2.52. The number of nitrogens with zero attached hydrogens (tertiary/aromatic N) is 3. The van der Waals surface area contributed by atoms with Crippen molar-refractivity contribution in [3.63, 3.8) is 0 Å². The molecule has 1 fully saturated rings. The minimum atomic E-state index is -1.26. The van der Waals surface area contributed by atoms with Crippen LogP contribution in [0.25, 0.3) is 0 Å². The van der Waals surface area contributed by atoms with Crippen molar-refractivity contribution >= 4 is 46.7 Å². The third-order valence-electron chi connectivity index (χ3n) is 5.41. The topological polar surface area (TPSA) is 84.3 Å². The predicted molar refractivity (Wildman–Crippen MR) is 132 cm³/mol. The molecule has 7 nitrogen and oxygen atoms in total. The summed E-state index contributed by atoms with van der Waals surface area (Å²) < 4.78 is 0. The fourth-order valence-electron chi connectivity index (χ4n) is 3.71. The van der Waals surface area contributed by atoms with Crippen molar-refractivity contribution in [2.75, 3.05) is 51.2 Å². The summed E-state index contributed by atoms with van der Waals surface area (Å²) in [5.41, 5.74) is 2.55. The number of hydrogen-bond acceptors (Lipinski definition) is 6. The molecule has 33 heavy (non-hydrogen) atoms. The van der Waals surface area contributed by atoms with E-state index in [0.717, 1.165) is 24.5 Å². The van der Waals surface area contributed by atoms with Crippen LogP contribution in [0.2, 0.25) is 5.02 Å². The Balaban J connectivity index is 0.000000331. The second kappa shape index (κ2) is 12.1. The van der Waals surface area contributed by atoms with Gasteiger partial charge in [0.15, 0.2) is 0 Å². The first-order valence-corrected chi connectivity index (χ1v) is 11.9. The molecular weight excluding hydrogens is 462 g/mol. The SMILES string of the molecule is CN1CCN(CCCN2c3ccccc3Sc3ccc(Cl)cc32)CC1.O=C(O)/C=C/C(=O)O. The number of carboxylic acids is 2. The van der Waals surface area contributed by atoms with E-state index in [-0.39, 0.29) is 0 Å². The molecular formula is C24H28ClN3O4S. The number of carbonyl (C=O) groups is 2. The summed E-state index contributed by atoms with van der Waals surface area (Å²) in [6.45, 7) is 6.92. The second-order valence-electron chi connectivity index (χ2n) is 7.84. The van der Waals surface area contributed by atoms with Gasteiger partial charge in [0.1, 0.15) is 0 Å². The second-order valence-corrected chi connectivity index (χ2v) is 9.36. The van der Waals surface area contributed by atoms with Crippen molar-refractivity contribution in [3.8, 4) is 0 Å². The van der Waals surface area contributed by atoms with E-state index in [1.54, 1.807) is 0 Å². The zero-order valence-corrected chi connectivity index (χ0v) is 20.1. The minimum Gasteiger partial charge on any atom is -0.478 e. The van der Waals surface area contributed by atoms with Crippen molar-refractivity contribution in [3.05, 3.63) is 59.6 Å². The summed E-state index contributed by atoms with van der Waals surface area (Å²) in [6, 6.07) is 14.9. The number of halogens is 1. The monoisotopic (exact) mass is 489 g/mol. The molecule has 2 aromatic rings. The fraction of sp³-hybridized carbons (Fsp3) is 0.333. The Kier molecular flexibility index (Phi) is 9.20. The lowest BCUT2D eigenvalue weighted by Crippen LogP contribution is -2.45. The van der Waals surface area contributed by atoms with Gasteiger partial charge in [0, 0.05) is 59.7 Å². The molecule has 0 spiro atoms. The number of piperazine rings is 1. The van der Waals surface area contributed by atoms with E-state index >= 15 is 0 Å². The molecule has 0 aliphatic carbocycles. The Morgan fingerprint density at radius 2 is 1.58 bits per heavy atom. The van der Waals surface area contributed by atoms with Gasteiger partial charge < -0.3 is 24.9 Å². The van der Waals surface area contributed by atoms with Crippen LogP contribution in [0.3, 0.4) is 0 Å². The highest BCUT2D eigenvalue weighted by molar-refractivity contribution is 7.99. The van der Waals surface area contributed by atoms with Crippen LogP contribution in [-0.4, -0.2) is 78.3 Å². The fourth-order valence-corrected chi connectivity index (χ4v) is 4.95. The molecule has 2 aliphatic heterocycles. The average molecular weight is 490 g/mol. The van der Waals surface area contributed by atoms with Gasteiger partial charge >= 0.3 is 11.9 Å². The molecule has 0 saturated carbocycles. The highest BCUT2D eigenvalue weighted by Crippen LogP contribution is 2.48. The van der Waals surface area contributed by atoms with Crippen LogP contribution in [0.15, 0.2) is 64.4 Å². The highest BCUT2D eigenvalue weighted by atomic mass is 35.5. The number of hydrogen-bond donors (Lipinski definition) is 2. The zero-order valence-electron chi connectivity index (χ0n) is 18.5. The first-order chi connectivity index (χ1) is 15.8. The Morgan fingerprint density at radius 1 is 0.939 bits per heavy atom. The minimum absolute atomic E-state index is 0.558. The van der Waals surface area contributed by atoms with Crippen molar-refractivity contribution in [2.24, 2.45) is 0 Å². The van der Waals surface area contributed by atoms with Crippen LogP contribution in [-0.2, 0) is 9.59 Å². The van der Waals surface area contributed by atoms with Crippen LogP contribution < -0.4 is 4.90 Å². The van der Waals surface area contributed by atoms with Crippen LogP contribution in [0.1, 0.15) is 6.42 Å². The first kappa shape index (κ1) is 25.1. The largest absolute Gasteiger partial charge is 0.478 e.